The van der Waals surface area contributed by atoms with Crippen LogP contribution in [0.15, 0.2) is 5.16 Å². The first-order chi connectivity index (χ1) is 7.79. The van der Waals surface area contributed by atoms with Crippen molar-refractivity contribution in [3.05, 3.63) is 0 Å². The van der Waals surface area contributed by atoms with Crippen molar-refractivity contribution in [1.82, 2.24) is 9.03 Å². The Morgan fingerprint density at radius 3 is 2.35 bits per heavy atom. The van der Waals surface area contributed by atoms with E-state index in [2.05, 4.69) is 9.88 Å². The van der Waals surface area contributed by atoms with Gasteiger partial charge in [0.15, 0.2) is 5.84 Å². The van der Waals surface area contributed by atoms with Crippen LogP contribution in [0.2, 0.25) is 0 Å². The third-order valence-corrected chi connectivity index (χ3v) is 4.60. The average Bonchev–Trinajstić information content (AvgIpc) is 2.27. The predicted molar refractivity (Wildman–Crippen MR) is 65.0 cm³/mol. The van der Waals surface area contributed by atoms with Crippen LogP contribution in [0.3, 0.4) is 0 Å². The van der Waals surface area contributed by atoms with Crippen LogP contribution in [0.1, 0.15) is 33.1 Å². The number of hydrogen-bond acceptors (Lipinski definition) is 4. The summed E-state index contributed by atoms with van der Waals surface area (Å²) in [4.78, 5) is 0. The summed E-state index contributed by atoms with van der Waals surface area (Å²) in [6.45, 7) is 4.12. The van der Waals surface area contributed by atoms with Crippen LogP contribution in [-0.4, -0.2) is 42.4 Å². The van der Waals surface area contributed by atoms with E-state index in [-0.39, 0.29) is 5.84 Å². The van der Waals surface area contributed by atoms with Gasteiger partial charge in [0.25, 0.3) is 10.2 Å². The fourth-order valence-electron chi connectivity index (χ4n) is 1.67. The van der Waals surface area contributed by atoms with Gasteiger partial charge in [-0.1, -0.05) is 11.6 Å². The van der Waals surface area contributed by atoms with Gasteiger partial charge in [-0.25, -0.2) is 0 Å². The molecule has 1 aliphatic heterocycles. The molecule has 0 radical (unpaired) electrons. The minimum absolute atomic E-state index is 0.168. The van der Waals surface area contributed by atoms with Crippen molar-refractivity contribution < 1.29 is 13.6 Å². The molecule has 1 heterocycles. The van der Waals surface area contributed by atoms with Gasteiger partial charge in [-0.05, 0) is 26.7 Å². The van der Waals surface area contributed by atoms with Crippen molar-refractivity contribution in [2.24, 2.45) is 10.9 Å². The highest BCUT2D eigenvalue weighted by Gasteiger charge is 2.33. The number of amidine groups is 1. The fraction of sp³-hybridized carbons (Fsp3) is 0.889. The molecule has 4 N–H and O–H groups in total. The van der Waals surface area contributed by atoms with E-state index in [0.717, 1.165) is 19.3 Å². The SMILES string of the molecule is CC(C)(NS(=O)(=O)N1CCCCC1)/C(N)=N/O. The van der Waals surface area contributed by atoms with Gasteiger partial charge in [-0.15, -0.1) is 0 Å². The molecule has 1 fully saturated rings. The van der Waals surface area contributed by atoms with E-state index >= 15 is 0 Å². The molecule has 0 bridgehead atoms. The summed E-state index contributed by atoms with van der Waals surface area (Å²) in [5.41, 5.74) is 4.34. The van der Waals surface area contributed by atoms with Crippen LogP contribution < -0.4 is 10.5 Å². The minimum Gasteiger partial charge on any atom is -0.409 e. The van der Waals surface area contributed by atoms with E-state index in [1.807, 2.05) is 0 Å². The van der Waals surface area contributed by atoms with Gasteiger partial charge in [0.1, 0.15) is 0 Å². The largest absolute Gasteiger partial charge is 0.409 e. The van der Waals surface area contributed by atoms with Crippen molar-refractivity contribution in [2.75, 3.05) is 13.1 Å². The van der Waals surface area contributed by atoms with Crippen LogP contribution in [-0.2, 0) is 10.2 Å². The van der Waals surface area contributed by atoms with E-state index < -0.39 is 15.7 Å². The zero-order valence-electron chi connectivity index (χ0n) is 10.2. The molecule has 0 aromatic heterocycles. The highest BCUT2D eigenvalue weighted by Crippen LogP contribution is 2.14. The maximum absolute atomic E-state index is 12.0. The third kappa shape index (κ3) is 3.55. The number of nitrogens with zero attached hydrogens (tertiary/aromatic N) is 2. The number of nitrogens with one attached hydrogen (secondary N) is 1. The molecule has 1 aliphatic rings. The molecule has 0 amide bonds. The van der Waals surface area contributed by atoms with Crippen LogP contribution in [0.25, 0.3) is 0 Å². The van der Waals surface area contributed by atoms with Crippen molar-refractivity contribution in [2.45, 2.75) is 38.6 Å². The Morgan fingerprint density at radius 2 is 1.88 bits per heavy atom. The molecular formula is C9H20N4O3S. The Labute approximate surface area is 102 Å². The normalized spacial score (nSPS) is 20.5. The van der Waals surface area contributed by atoms with Gasteiger partial charge in [-0.3, -0.25) is 0 Å². The second-order valence-electron chi connectivity index (χ2n) is 4.68. The van der Waals surface area contributed by atoms with E-state index in [1.165, 1.54) is 4.31 Å². The first-order valence-corrected chi connectivity index (χ1v) is 7.00. The average molecular weight is 264 g/mol. The first-order valence-electron chi connectivity index (χ1n) is 5.56. The lowest BCUT2D eigenvalue weighted by molar-refractivity contribution is 0.310. The lowest BCUT2D eigenvalue weighted by Gasteiger charge is -2.31. The number of hydrogen-bond donors (Lipinski definition) is 3. The van der Waals surface area contributed by atoms with Crippen LogP contribution in [0.4, 0.5) is 0 Å². The standard InChI is InChI=1S/C9H20N4O3S/c1-9(2,8(10)11-14)12-17(15,16)13-6-4-3-5-7-13/h12,14H,3-7H2,1-2H3,(H2,10,11). The Bertz CT molecular complexity index is 385. The van der Waals surface area contributed by atoms with Crippen molar-refractivity contribution >= 4 is 16.0 Å². The molecule has 0 spiro atoms. The van der Waals surface area contributed by atoms with Gasteiger partial charge in [0, 0.05) is 13.1 Å². The van der Waals surface area contributed by atoms with E-state index in [1.54, 1.807) is 13.8 Å². The summed E-state index contributed by atoms with van der Waals surface area (Å²) in [5.74, 6) is -0.168. The zero-order chi connectivity index (χ0) is 13.1. The summed E-state index contributed by atoms with van der Waals surface area (Å²) in [5, 5.41) is 11.4. The molecule has 0 saturated carbocycles. The molecule has 1 rings (SSSR count). The lowest BCUT2D eigenvalue weighted by Crippen LogP contribution is -2.57. The minimum atomic E-state index is -3.58. The molecule has 0 aromatic rings. The van der Waals surface area contributed by atoms with E-state index in [0.29, 0.717) is 13.1 Å². The number of piperidine rings is 1. The Kier molecular flexibility index (Phi) is 4.34. The molecule has 7 nitrogen and oxygen atoms in total. The van der Waals surface area contributed by atoms with Gasteiger partial charge in [0.05, 0.1) is 5.54 Å². The zero-order valence-corrected chi connectivity index (χ0v) is 11.0. The second kappa shape index (κ2) is 5.19. The van der Waals surface area contributed by atoms with Gasteiger partial charge in [0.2, 0.25) is 0 Å². The molecule has 0 aromatic carbocycles. The smallest absolute Gasteiger partial charge is 0.280 e. The summed E-state index contributed by atoms with van der Waals surface area (Å²) >= 11 is 0. The lowest BCUT2D eigenvalue weighted by atomic mass is 10.1. The van der Waals surface area contributed by atoms with Gasteiger partial charge < -0.3 is 10.9 Å². The Balaban J connectivity index is 2.78. The second-order valence-corrected chi connectivity index (χ2v) is 6.35. The van der Waals surface area contributed by atoms with E-state index in [4.69, 9.17) is 10.9 Å². The monoisotopic (exact) mass is 264 g/mol. The molecule has 0 atom stereocenters. The Hall–Kier alpha value is -0.860. The van der Waals surface area contributed by atoms with Crippen molar-refractivity contribution in [3.63, 3.8) is 0 Å². The van der Waals surface area contributed by atoms with Gasteiger partial charge >= 0.3 is 0 Å². The Morgan fingerprint density at radius 1 is 1.35 bits per heavy atom. The summed E-state index contributed by atoms with van der Waals surface area (Å²) in [7, 11) is -3.58. The fourth-order valence-corrected chi connectivity index (χ4v) is 3.29. The maximum atomic E-state index is 12.0. The van der Waals surface area contributed by atoms with Crippen molar-refractivity contribution in [3.8, 4) is 0 Å². The summed E-state index contributed by atoms with van der Waals surface area (Å²) < 4.78 is 27.9. The molecule has 100 valence electrons. The number of oxime groups is 1. The number of rotatable bonds is 4. The third-order valence-electron chi connectivity index (χ3n) is 2.79. The molecule has 17 heavy (non-hydrogen) atoms. The highest BCUT2D eigenvalue weighted by atomic mass is 32.2. The molecule has 8 heteroatoms. The van der Waals surface area contributed by atoms with Crippen LogP contribution in [0.5, 0.6) is 0 Å². The van der Waals surface area contributed by atoms with Crippen molar-refractivity contribution in [1.29, 1.82) is 0 Å². The molecular weight excluding hydrogens is 244 g/mol. The van der Waals surface area contributed by atoms with Crippen LogP contribution in [0, 0.1) is 0 Å². The number of nitrogens with two attached hydrogens (primary N) is 1. The highest BCUT2D eigenvalue weighted by molar-refractivity contribution is 7.87. The molecule has 1 saturated heterocycles. The van der Waals surface area contributed by atoms with Gasteiger partial charge in [-0.2, -0.15) is 17.4 Å². The maximum Gasteiger partial charge on any atom is 0.280 e. The quantitative estimate of drug-likeness (QED) is 0.283. The first kappa shape index (κ1) is 14.2. The topological polar surface area (TPSA) is 108 Å². The van der Waals surface area contributed by atoms with Crippen LogP contribution >= 0.6 is 0 Å². The predicted octanol–water partition coefficient (Wildman–Crippen LogP) is -0.168. The summed E-state index contributed by atoms with van der Waals surface area (Å²) in [6, 6.07) is 0. The molecule has 0 aliphatic carbocycles. The van der Waals surface area contributed by atoms with E-state index in [9.17, 15) is 8.42 Å². The summed E-state index contributed by atoms with van der Waals surface area (Å²) in [6.07, 6.45) is 2.78. The molecule has 0 unspecified atom stereocenters.